The van der Waals surface area contributed by atoms with Crippen LogP contribution in [0.1, 0.15) is 24.3 Å². The van der Waals surface area contributed by atoms with E-state index in [9.17, 15) is 13.5 Å². The Kier molecular flexibility index (Phi) is 4.06. The summed E-state index contributed by atoms with van der Waals surface area (Å²) in [5.74, 6) is 0. The number of sulfonamides is 1. The van der Waals surface area contributed by atoms with Gasteiger partial charge in [0.05, 0.1) is 22.9 Å². The molecule has 6 heteroatoms. The quantitative estimate of drug-likeness (QED) is 0.905. The van der Waals surface area contributed by atoms with E-state index >= 15 is 0 Å². The van der Waals surface area contributed by atoms with Crippen molar-refractivity contribution in [3.63, 3.8) is 0 Å². The molecule has 0 spiro atoms. The van der Waals surface area contributed by atoms with Crippen LogP contribution in [0.4, 0.5) is 5.69 Å². The largest absolute Gasteiger partial charge is 0.389 e. The molecule has 2 aromatic rings. The van der Waals surface area contributed by atoms with Gasteiger partial charge in [-0.3, -0.25) is 9.71 Å². The Hall–Kier alpha value is -1.92. The number of nitrogens with zero attached hydrogens (tertiary/aromatic N) is 1. The minimum absolute atomic E-state index is 0.141. The monoisotopic (exact) mass is 292 g/mol. The van der Waals surface area contributed by atoms with Gasteiger partial charge in [0.15, 0.2) is 0 Å². The minimum Gasteiger partial charge on any atom is -0.389 e. The maximum absolute atomic E-state index is 12.2. The van der Waals surface area contributed by atoms with Crippen LogP contribution in [-0.2, 0) is 10.0 Å². The molecule has 106 valence electrons. The van der Waals surface area contributed by atoms with Gasteiger partial charge in [0.2, 0.25) is 0 Å². The van der Waals surface area contributed by atoms with Crippen LogP contribution in [0.5, 0.6) is 0 Å². The van der Waals surface area contributed by atoms with E-state index in [-0.39, 0.29) is 4.90 Å². The molecule has 0 amide bonds. The molecule has 0 aliphatic rings. The van der Waals surface area contributed by atoms with Crippen molar-refractivity contribution in [1.29, 1.82) is 0 Å². The molecule has 2 rings (SSSR count). The normalized spacial score (nSPS) is 12.9. The fraction of sp³-hybridized carbons (Fsp3) is 0.214. The smallest absolute Gasteiger partial charge is 0.261 e. The van der Waals surface area contributed by atoms with Gasteiger partial charge in [-0.1, -0.05) is 12.1 Å². The van der Waals surface area contributed by atoms with Crippen molar-refractivity contribution in [2.75, 3.05) is 4.72 Å². The third kappa shape index (κ3) is 3.34. The fourth-order valence-corrected chi connectivity index (χ4v) is 2.71. The summed E-state index contributed by atoms with van der Waals surface area (Å²) in [6.45, 7) is 3.45. The molecule has 0 saturated carbocycles. The second kappa shape index (κ2) is 5.60. The number of benzene rings is 1. The van der Waals surface area contributed by atoms with Crippen LogP contribution in [0, 0.1) is 6.92 Å². The molecule has 1 aromatic heterocycles. The predicted octanol–water partition coefficient (Wildman–Crippen LogP) is 2.24. The zero-order valence-electron chi connectivity index (χ0n) is 11.2. The summed E-state index contributed by atoms with van der Waals surface area (Å²) in [7, 11) is -3.64. The van der Waals surface area contributed by atoms with E-state index in [0.29, 0.717) is 11.3 Å². The lowest BCUT2D eigenvalue weighted by Gasteiger charge is -2.09. The number of aliphatic hydroxyl groups excluding tert-OH is 1. The highest BCUT2D eigenvalue weighted by atomic mass is 32.2. The Morgan fingerprint density at radius 1 is 1.15 bits per heavy atom. The molecule has 0 aliphatic heterocycles. The first-order chi connectivity index (χ1) is 9.38. The number of anilines is 1. The first kappa shape index (κ1) is 14.5. The van der Waals surface area contributed by atoms with E-state index in [1.807, 2.05) is 6.92 Å². The molecule has 0 fully saturated rings. The Balaban J connectivity index is 2.23. The van der Waals surface area contributed by atoms with Gasteiger partial charge in [-0.2, -0.15) is 0 Å². The third-order valence-electron chi connectivity index (χ3n) is 2.84. The zero-order valence-corrected chi connectivity index (χ0v) is 12.1. The fourth-order valence-electron chi connectivity index (χ4n) is 1.67. The number of rotatable bonds is 4. The van der Waals surface area contributed by atoms with Crippen molar-refractivity contribution >= 4 is 15.7 Å². The van der Waals surface area contributed by atoms with Gasteiger partial charge in [0.1, 0.15) is 0 Å². The van der Waals surface area contributed by atoms with Crippen molar-refractivity contribution in [3.8, 4) is 0 Å². The molecule has 1 unspecified atom stereocenters. The summed E-state index contributed by atoms with van der Waals surface area (Å²) >= 11 is 0. The average molecular weight is 292 g/mol. The summed E-state index contributed by atoms with van der Waals surface area (Å²) in [4.78, 5) is 4.18. The van der Waals surface area contributed by atoms with Gasteiger partial charge in [0.25, 0.3) is 10.0 Å². The Labute approximate surface area is 118 Å². The number of aromatic nitrogens is 1. The van der Waals surface area contributed by atoms with E-state index in [2.05, 4.69) is 9.71 Å². The molecule has 1 aromatic carbocycles. The predicted molar refractivity (Wildman–Crippen MR) is 76.9 cm³/mol. The molecule has 0 bridgehead atoms. The molecule has 20 heavy (non-hydrogen) atoms. The van der Waals surface area contributed by atoms with Gasteiger partial charge in [-0.25, -0.2) is 8.42 Å². The summed E-state index contributed by atoms with van der Waals surface area (Å²) in [5, 5.41) is 9.41. The summed E-state index contributed by atoms with van der Waals surface area (Å²) < 4.78 is 26.8. The molecular formula is C14H16N2O3S. The molecular weight excluding hydrogens is 276 g/mol. The number of pyridine rings is 1. The summed E-state index contributed by atoms with van der Waals surface area (Å²) in [5.41, 5.74) is 1.89. The van der Waals surface area contributed by atoms with Crippen molar-refractivity contribution in [2.45, 2.75) is 24.8 Å². The highest BCUT2D eigenvalue weighted by molar-refractivity contribution is 7.92. The Morgan fingerprint density at radius 2 is 1.80 bits per heavy atom. The van der Waals surface area contributed by atoms with E-state index in [1.54, 1.807) is 31.2 Å². The highest BCUT2D eigenvalue weighted by Crippen LogP contribution is 2.18. The van der Waals surface area contributed by atoms with Crippen LogP contribution >= 0.6 is 0 Å². The second-order valence-corrected chi connectivity index (χ2v) is 6.22. The van der Waals surface area contributed by atoms with Gasteiger partial charge >= 0.3 is 0 Å². The van der Waals surface area contributed by atoms with Crippen LogP contribution in [0.3, 0.4) is 0 Å². The molecule has 0 radical (unpaired) electrons. The van der Waals surface area contributed by atoms with Crippen molar-refractivity contribution in [3.05, 3.63) is 53.9 Å². The lowest BCUT2D eigenvalue weighted by molar-refractivity contribution is 0.199. The third-order valence-corrected chi connectivity index (χ3v) is 4.23. The van der Waals surface area contributed by atoms with E-state index in [4.69, 9.17) is 0 Å². The van der Waals surface area contributed by atoms with E-state index in [1.165, 1.54) is 18.3 Å². The first-order valence-electron chi connectivity index (χ1n) is 6.12. The molecule has 0 saturated heterocycles. The topological polar surface area (TPSA) is 79.3 Å². The Bertz CT molecular complexity index is 677. The number of aliphatic hydroxyl groups is 1. The van der Waals surface area contributed by atoms with E-state index in [0.717, 1.165) is 5.69 Å². The van der Waals surface area contributed by atoms with Crippen LogP contribution in [0.2, 0.25) is 0 Å². The molecule has 5 nitrogen and oxygen atoms in total. The lowest BCUT2D eigenvalue weighted by Crippen LogP contribution is -2.13. The number of nitrogens with one attached hydrogen (secondary N) is 1. The average Bonchev–Trinajstić information content (AvgIpc) is 2.41. The van der Waals surface area contributed by atoms with Gasteiger partial charge in [-0.15, -0.1) is 0 Å². The maximum Gasteiger partial charge on any atom is 0.261 e. The van der Waals surface area contributed by atoms with Gasteiger partial charge in [-0.05, 0) is 43.7 Å². The van der Waals surface area contributed by atoms with Crippen molar-refractivity contribution in [2.24, 2.45) is 0 Å². The standard InChI is InChI=1S/C14H16N2O3S/c1-10-3-6-13(9-15-10)16-20(18,19)14-7-4-12(5-8-14)11(2)17/h3-9,11,16-17H,1-2H3. The molecule has 1 heterocycles. The second-order valence-electron chi connectivity index (χ2n) is 4.54. The van der Waals surface area contributed by atoms with Crippen LogP contribution in [-0.4, -0.2) is 18.5 Å². The van der Waals surface area contributed by atoms with Crippen molar-refractivity contribution < 1.29 is 13.5 Å². The highest BCUT2D eigenvalue weighted by Gasteiger charge is 2.14. The van der Waals surface area contributed by atoms with Gasteiger partial charge in [0, 0.05) is 5.69 Å². The number of hydrogen-bond acceptors (Lipinski definition) is 4. The molecule has 1 atom stereocenters. The van der Waals surface area contributed by atoms with E-state index < -0.39 is 16.1 Å². The summed E-state index contributed by atoms with van der Waals surface area (Å²) in [6.07, 6.45) is 0.845. The molecule has 2 N–H and O–H groups in total. The molecule has 0 aliphatic carbocycles. The maximum atomic E-state index is 12.2. The van der Waals surface area contributed by atoms with Crippen molar-refractivity contribution in [1.82, 2.24) is 4.98 Å². The first-order valence-corrected chi connectivity index (χ1v) is 7.60. The number of aryl methyl sites for hydroxylation is 1. The number of hydrogen-bond donors (Lipinski definition) is 2. The Morgan fingerprint density at radius 3 is 2.30 bits per heavy atom. The SMILES string of the molecule is Cc1ccc(NS(=O)(=O)c2ccc(C(C)O)cc2)cn1. The lowest BCUT2D eigenvalue weighted by atomic mass is 10.1. The zero-order chi connectivity index (χ0) is 14.8. The van der Waals surface area contributed by atoms with Crippen LogP contribution in [0.25, 0.3) is 0 Å². The minimum atomic E-state index is -3.64. The van der Waals surface area contributed by atoms with Crippen LogP contribution < -0.4 is 4.72 Å². The van der Waals surface area contributed by atoms with Gasteiger partial charge < -0.3 is 5.11 Å². The van der Waals surface area contributed by atoms with Crippen LogP contribution in [0.15, 0.2) is 47.5 Å². The summed E-state index contributed by atoms with van der Waals surface area (Å²) in [6, 6.07) is 9.50.